The predicted octanol–water partition coefficient (Wildman–Crippen LogP) is 1.53. The molecule has 1 unspecified atom stereocenters. The average Bonchev–Trinajstić information content (AvgIpc) is 2.55. The summed E-state index contributed by atoms with van der Waals surface area (Å²) in [4.78, 5) is 2.51. The summed E-state index contributed by atoms with van der Waals surface area (Å²) in [5.74, 6) is 0. The largest absolute Gasteiger partial charge is 0.387 e. The number of hydrogen-bond donors (Lipinski definition) is 3. The van der Waals surface area contributed by atoms with Gasteiger partial charge in [-0.2, -0.15) is 0 Å². The minimum Gasteiger partial charge on any atom is -0.387 e. The first kappa shape index (κ1) is 15.8. The van der Waals surface area contributed by atoms with E-state index in [9.17, 15) is 5.11 Å². The number of anilines is 1. The first-order valence-corrected chi connectivity index (χ1v) is 8.74. The van der Waals surface area contributed by atoms with Crippen LogP contribution in [0.5, 0.6) is 0 Å². The zero-order chi connectivity index (χ0) is 15.3. The molecular formula is C18H29N3O. The predicted molar refractivity (Wildman–Crippen MR) is 91.5 cm³/mol. The van der Waals surface area contributed by atoms with E-state index in [1.165, 1.54) is 30.6 Å². The smallest absolute Gasteiger partial charge is 0.0895 e. The van der Waals surface area contributed by atoms with E-state index in [0.717, 1.165) is 45.4 Å². The molecule has 0 bridgehead atoms. The van der Waals surface area contributed by atoms with Crippen LogP contribution in [0.1, 0.15) is 31.2 Å². The second-order valence-corrected chi connectivity index (χ2v) is 6.75. The number of β-amino-alcohol motifs (C(OH)–C–C–N with tert-alkyl or cyclic N) is 1. The highest BCUT2D eigenvalue weighted by Gasteiger charge is 2.28. The fourth-order valence-corrected chi connectivity index (χ4v) is 3.66. The van der Waals surface area contributed by atoms with Gasteiger partial charge in [0.25, 0.3) is 0 Å². The SMILES string of the molecule is OC1(CNCCCN2CCCc3ccccc32)CCCNC1. The minimum absolute atomic E-state index is 0.546. The minimum atomic E-state index is -0.546. The molecule has 1 atom stereocenters. The van der Waals surface area contributed by atoms with Gasteiger partial charge in [0.15, 0.2) is 0 Å². The molecule has 0 amide bonds. The fourth-order valence-electron chi connectivity index (χ4n) is 3.66. The molecule has 1 aromatic carbocycles. The summed E-state index contributed by atoms with van der Waals surface area (Å²) in [6.07, 6.45) is 5.58. The van der Waals surface area contributed by atoms with Crippen LogP contribution in [-0.4, -0.2) is 50.0 Å². The van der Waals surface area contributed by atoms with Gasteiger partial charge in [0, 0.05) is 31.9 Å². The number of nitrogens with one attached hydrogen (secondary N) is 2. The van der Waals surface area contributed by atoms with Crippen molar-refractivity contribution in [3.8, 4) is 0 Å². The van der Waals surface area contributed by atoms with Crippen molar-refractivity contribution in [1.82, 2.24) is 10.6 Å². The Morgan fingerprint density at radius 2 is 2.18 bits per heavy atom. The van der Waals surface area contributed by atoms with E-state index in [4.69, 9.17) is 0 Å². The van der Waals surface area contributed by atoms with Crippen molar-refractivity contribution in [3.63, 3.8) is 0 Å². The molecule has 22 heavy (non-hydrogen) atoms. The van der Waals surface area contributed by atoms with E-state index < -0.39 is 5.60 Å². The zero-order valence-electron chi connectivity index (χ0n) is 13.5. The number of aliphatic hydroxyl groups is 1. The van der Waals surface area contributed by atoms with Crippen LogP contribution in [0.25, 0.3) is 0 Å². The normalized spacial score (nSPS) is 25.0. The molecule has 4 heteroatoms. The summed E-state index contributed by atoms with van der Waals surface area (Å²) in [5, 5.41) is 17.1. The quantitative estimate of drug-likeness (QED) is 0.698. The van der Waals surface area contributed by atoms with Crippen molar-refractivity contribution < 1.29 is 5.11 Å². The number of hydrogen-bond acceptors (Lipinski definition) is 4. The average molecular weight is 303 g/mol. The monoisotopic (exact) mass is 303 g/mol. The lowest BCUT2D eigenvalue weighted by Gasteiger charge is -2.33. The summed E-state index contributed by atoms with van der Waals surface area (Å²) >= 11 is 0. The number of benzene rings is 1. The number of nitrogens with zero attached hydrogens (tertiary/aromatic N) is 1. The molecule has 4 nitrogen and oxygen atoms in total. The van der Waals surface area contributed by atoms with Crippen LogP contribution in [-0.2, 0) is 6.42 Å². The first-order chi connectivity index (χ1) is 10.8. The lowest BCUT2D eigenvalue weighted by atomic mass is 9.94. The van der Waals surface area contributed by atoms with Crippen molar-refractivity contribution in [2.45, 2.75) is 37.7 Å². The standard InChI is InChI=1S/C18H29N3O/c22-18(9-4-10-19-14-18)15-20-11-5-13-21-12-3-7-16-6-1-2-8-17(16)21/h1-2,6,8,19-20,22H,3-5,7,9-15H2. The Labute approximate surface area is 133 Å². The van der Waals surface area contributed by atoms with E-state index in [1.54, 1.807) is 0 Å². The number of fused-ring (bicyclic) bond motifs is 1. The molecule has 1 aromatic rings. The molecule has 0 aromatic heterocycles. The van der Waals surface area contributed by atoms with Crippen molar-refractivity contribution in [1.29, 1.82) is 0 Å². The van der Waals surface area contributed by atoms with Gasteiger partial charge in [-0.05, 0) is 56.8 Å². The molecule has 0 aliphatic carbocycles. The van der Waals surface area contributed by atoms with Gasteiger partial charge in [0.05, 0.1) is 5.60 Å². The van der Waals surface area contributed by atoms with Gasteiger partial charge in [-0.15, -0.1) is 0 Å². The lowest BCUT2D eigenvalue weighted by Crippen LogP contribution is -2.52. The molecule has 2 aliphatic rings. The van der Waals surface area contributed by atoms with E-state index in [-0.39, 0.29) is 0 Å². The topological polar surface area (TPSA) is 47.5 Å². The highest BCUT2D eigenvalue weighted by atomic mass is 16.3. The van der Waals surface area contributed by atoms with Gasteiger partial charge in [-0.1, -0.05) is 18.2 Å². The van der Waals surface area contributed by atoms with Crippen molar-refractivity contribution in [2.24, 2.45) is 0 Å². The second-order valence-electron chi connectivity index (χ2n) is 6.75. The number of piperidine rings is 1. The second kappa shape index (κ2) is 7.44. The molecular weight excluding hydrogens is 274 g/mol. The maximum atomic E-state index is 10.4. The molecule has 0 saturated carbocycles. The van der Waals surface area contributed by atoms with E-state index in [0.29, 0.717) is 6.54 Å². The van der Waals surface area contributed by atoms with Crippen LogP contribution in [0.4, 0.5) is 5.69 Å². The Bertz CT molecular complexity index is 471. The Morgan fingerprint density at radius 3 is 3.05 bits per heavy atom. The third-order valence-corrected chi connectivity index (χ3v) is 4.89. The van der Waals surface area contributed by atoms with Crippen molar-refractivity contribution in [2.75, 3.05) is 44.2 Å². The molecule has 122 valence electrons. The molecule has 1 fully saturated rings. The van der Waals surface area contributed by atoms with Gasteiger partial charge < -0.3 is 20.6 Å². The fraction of sp³-hybridized carbons (Fsp3) is 0.667. The summed E-state index contributed by atoms with van der Waals surface area (Å²) < 4.78 is 0. The van der Waals surface area contributed by atoms with E-state index >= 15 is 0 Å². The summed E-state index contributed by atoms with van der Waals surface area (Å²) in [5.41, 5.74) is 2.36. The first-order valence-electron chi connectivity index (χ1n) is 8.74. The third-order valence-electron chi connectivity index (χ3n) is 4.89. The molecule has 1 saturated heterocycles. The maximum absolute atomic E-state index is 10.4. The van der Waals surface area contributed by atoms with Gasteiger partial charge in [-0.3, -0.25) is 0 Å². The summed E-state index contributed by atoms with van der Waals surface area (Å²) in [6.45, 7) is 5.71. The highest BCUT2D eigenvalue weighted by Crippen LogP contribution is 2.26. The molecule has 3 rings (SSSR count). The highest BCUT2D eigenvalue weighted by molar-refractivity contribution is 5.55. The molecule has 2 heterocycles. The maximum Gasteiger partial charge on any atom is 0.0895 e. The van der Waals surface area contributed by atoms with Crippen LogP contribution in [0, 0.1) is 0 Å². The van der Waals surface area contributed by atoms with Gasteiger partial charge in [-0.25, -0.2) is 0 Å². The van der Waals surface area contributed by atoms with Crippen LogP contribution < -0.4 is 15.5 Å². The van der Waals surface area contributed by atoms with Gasteiger partial charge >= 0.3 is 0 Å². The van der Waals surface area contributed by atoms with Crippen LogP contribution in [0.3, 0.4) is 0 Å². The summed E-state index contributed by atoms with van der Waals surface area (Å²) in [6, 6.07) is 8.79. The van der Waals surface area contributed by atoms with E-state index in [2.05, 4.69) is 39.8 Å². The van der Waals surface area contributed by atoms with Gasteiger partial charge in [0.1, 0.15) is 0 Å². The number of rotatable bonds is 6. The molecule has 0 radical (unpaired) electrons. The Balaban J connectivity index is 1.39. The van der Waals surface area contributed by atoms with E-state index in [1.807, 2.05) is 0 Å². The Morgan fingerprint density at radius 1 is 1.27 bits per heavy atom. The van der Waals surface area contributed by atoms with Crippen molar-refractivity contribution in [3.05, 3.63) is 29.8 Å². The zero-order valence-corrected chi connectivity index (χ0v) is 13.5. The number of aryl methyl sites for hydroxylation is 1. The summed E-state index contributed by atoms with van der Waals surface area (Å²) in [7, 11) is 0. The Hall–Kier alpha value is -1.10. The number of para-hydroxylation sites is 1. The molecule has 3 N–H and O–H groups in total. The van der Waals surface area contributed by atoms with Crippen LogP contribution in [0.2, 0.25) is 0 Å². The molecule has 0 spiro atoms. The Kier molecular flexibility index (Phi) is 5.34. The van der Waals surface area contributed by atoms with Crippen LogP contribution in [0.15, 0.2) is 24.3 Å². The van der Waals surface area contributed by atoms with Crippen LogP contribution >= 0.6 is 0 Å². The third kappa shape index (κ3) is 4.00. The lowest BCUT2D eigenvalue weighted by molar-refractivity contribution is 0.0173. The van der Waals surface area contributed by atoms with Gasteiger partial charge in [0.2, 0.25) is 0 Å². The molecule has 2 aliphatic heterocycles. The van der Waals surface area contributed by atoms with Crippen molar-refractivity contribution >= 4 is 5.69 Å².